The Labute approximate surface area is 147 Å². The Hall–Kier alpha value is -1.85. The van der Waals surface area contributed by atoms with Gasteiger partial charge in [0.25, 0.3) is 0 Å². The van der Waals surface area contributed by atoms with Gasteiger partial charge in [-0.15, -0.1) is 11.3 Å². The summed E-state index contributed by atoms with van der Waals surface area (Å²) in [5.41, 5.74) is 0.785. The summed E-state index contributed by atoms with van der Waals surface area (Å²) in [6.07, 6.45) is 2.76. The average molecular weight is 347 g/mol. The van der Waals surface area contributed by atoms with Crippen molar-refractivity contribution < 1.29 is 14.6 Å². The number of hydrogen-bond donors (Lipinski definition) is 1. The van der Waals surface area contributed by atoms with Gasteiger partial charge in [-0.05, 0) is 48.4 Å². The van der Waals surface area contributed by atoms with Crippen molar-refractivity contribution in [3.63, 3.8) is 0 Å². The number of thiophene rings is 1. The molecule has 0 spiro atoms. The molecule has 1 amide bonds. The number of carbonyl (C=O) groups is 1. The molecule has 0 aliphatic heterocycles. The Bertz CT molecular complexity index is 610. The molecule has 0 saturated carbocycles. The van der Waals surface area contributed by atoms with E-state index in [1.165, 1.54) is 4.88 Å². The molecule has 0 radical (unpaired) electrons. The van der Waals surface area contributed by atoms with Crippen LogP contribution in [-0.4, -0.2) is 36.6 Å². The zero-order valence-corrected chi connectivity index (χ0v) is 15.1. The third kappa shape index (κ3) is 5.65. The lowest BCUT2D eigenvalue weighted by Gasteiger charge is -2.21. The third-order valence-electron chi connectivity index (χ3n) is 4.02. The average Bonchev–Trinajstić information content (AvgIpc) is 3.12. The van der Waals surface area contributed by atoms with Gasteiger partial charge in [0.05, 0.1) is 19.8 Å². The van der Waals surface area contributed by atoms with Gasteiger partial charge in [0.15, 0.2) is 0 Å². The highest BCUT2D eigenvalue weighted by Gasteiger charge is 2.15. The van der Waals surface area contributed by atoms with Crippen LogP contribution < -0.4 is 4.74 Å². The molecule has 0 fully saturated rings. The molecule has 0 saturated heterocycles. The van der Waals surface area contributed by atoms with E-state index in [4.69, 9.17) is 4.74 Å². The molecule has 0 aliphatic carbocycles. The molecule has 0 bridgehead atoms. The molecule has 2 aromatic rings. The number of benzene rings is 1. The summed E-state index contributed by atoms with van der Waals surface area (Å²) in [4.78, 5) is 15.1. The summed E-state index contributed by atoms with van der Waals surface area (Å²) in [5, 5.41) is 12.3. The van der Waals surface area contributed by atoms with Crippen molar-refractivity contribution in [1.82, 2.24) is 4.90 Å². The minimum absolute atomic E-state index is 0.0775. The highest BCUT2D eigenvalue weighted by atomic mass is 32.1. The van der Waals surface area contributed by atoms with E-state index in [9.17, 15) is 9.90 Å². The molecule has 1 unspecified atom stereocenters. The summed E-state index contributed by atoms with van der Waals surface area (Å²) in [6, 6.07) is 11.4. The Kier molecular flexibility index (Phi) is 7.28. The fraction of sp³-hybridized carbons (Fsp3) is 0.421. The molecule has 1 aromatic heterocycles. The van der Waals surface area contributed by atoms with E-state index in [1.807, 2.05) is 24.3 Å². The van der Waals surface area contributed by atoms with Crippen LogP contribution in [0.5, 0.6) is 5.75 Å². The summed E-state index contributed by atoms with van der Waals surface area (Å²) < 4.78 is 5.10. The molecule has 2 rings (SSSR count). The second kappa shape index (κ2) is 9.45. The standard InChI is InChI=1S/C19H25NO3S/c1-20(14-18(21)15-9-11-16(23-2)12-10-15)19(22)8-4-3-6-17-7-5-13-24-17/h5,7,9-13,18,21H,3-4,6,8,14H2,1-2H3. The van der Waals surface area contributed by atoms with Gasteiger partial charge >= 0.3 is 0 Å². The molecule has 0 aliphatic rings. The summed E-state index contributed by atoms with van der Waals surface area (Å²) >= 11 is 1.76. The SMILES string of the molecule is COc1ccc(C(O)CN(C)C(=O)CCCCc2cccs2)cc1. The molecule has 1 atom stereocenters. The lowest BCUT2D eigenvalue weighted by atomic mass is 10.1. The van der Waals surface area contributed by atoms with Gasteiger partial charge in [0.1, 0.15) is 5.75 Å². The smallest absolute Gasteiger partial charge is 0.222 e. The summed E-state index contributed by atoms with van der Waals surface area (Å²) in [5.74, 6) is 0.829. The van der Waals surface area contributed by atoms with Crippen LogP contribution in [0, 0.1) is 0 Å². The van der Waals surface area contributed by atoms with E-state index >= 15 is 0 Å². The van der Waals surface area contributed by atoms with Crippen molar-refractivity contribution >= 4 is 17.2 Å². The van der Waals surface area contributed by atoms with E-state index in [0.29, 0.717) is 13.0 Å². The van der Waals surface area contributed by atoms with Crippen LogP contribution >= 0.6 is 11.3 Å². The minimum Gasteiger partial charge on any atom is -0.497 e. The van der Waals surface area contributed by atoms with Gasteiger partial charge in [-0.2, -0.15) is 0 Å². The first-order chi connectivity index (χ1) is 11.6. The third-order valence-corrected chi connectivity index (χ3v) is 4.95. The Morgan fingerprint density at radius 3 is 2.62 bits per heavy atom. The minimum atomic E-state index is -0.684. The molecule has 5 heteroatoms. The highest BCUT2D eigenvalue weighted by Crippen LogP contribution is 2.19. The first-order valence-corrected chi connectivity index (χ1v) is 9.06. The molecule has 4 nitrogen and oxygen atoms in total. The number of carbonyl (C=O) groups excluding carboxylic acids is 1. The summed E-state index contributed by atoms with van der Waals surface area (Å²) in [6.45, 7) is 0.302. The molecular formula is C19H25NO3S. The number of unbranched alkanes of at least 4 members (excludes halogenated alkanes) is 1. The molecule has 130 valence electrons. The highest BCUT2D eigenvalue weighted by molar-refractivity contribution is 7.09. The maximum absolute atomic E-state index is 12.2. The largest absolute Gasteiger partial charge is 0.497 e. The van der Waals surface area contributed by atoms with Crippen LogP contribution in [0.3, 0.4) is 0 Å². The number of methoxy groups -OCH3 is 1. The van der Waals surface area contributed by atoms with E-state index in [-0.39, 0.29) is 5.91 Å². The van der Waals surface area contributed by atoms with Gasteiger partial charge in [0.2, 0.25) is 5.91 Å². The Morgan fingerprint density at radius 1 is 1.25 bits per heavy atom. The predicted octanol–water partition coefficient (Wildman–Crippen LogP) is 3.66. The van der Waals surface area contributed by atoms with Gasteiger partial charge < -0.3 is 14.7 Å². The molecule has 1 N–H and O–H groups in total. The van der Waals surface area contributed by atoms with Crippen molar-refractivity contribution in [3.8, 4) is 5.75 Å². The maximum atomic E-state index is 12.2. The predicted molar refractivity (Wildman–Crippen MR) is 97.5 cm³/mol. The Morgan fingerprint density at radius 2 is 2.00 bits per heavy atom. The lowest BCUT2D eigenvalue weighted by molar-refractivity contribution is -0.131. The number of hydrogen-bond acceptors (Lipinski definition) is 4. The fourth-order valence-electron chi connectivity index (χ4n) is 2.51. The summed E-state index contributed by atoms with van der Waals surface area (Å²) in [7, 11) is 3.35. The zero-order chi connectivity index (χ0) is 17.4. The van der Waals surface area contributed by atoms with Crippen LogP contribution in [-0.2, 0) is 11.2 Å². The maximum Gasteiger partial charge on any atom is 0.222 e. The normalized spacial score (nSPS) is 12.0. The van der Waals surface area contributed by atoms with E-state index in [2.05, 4.69) is 17.5 Å². The van der Waals surface area contributed by atoms with Crippen molar-refractivity contribution in [3.05, 3.63) is 52.2 Å². The van der Waals surface area contributed by atoms with Crippen LogP contribution in [0.15, 0.2) is 41.8 Å². The van der Waals surface area contributed by atoms with Gasteiger partial charge in [-0.3, -0.25) is 4.79 Å². The van der Waals surface area contributed by atoms with E-state index in [1.54, 1.807) is 30.4 Å². The molecule has 24 heavy (non-hydrogen) atoms. The number of aliphatic hydroxyl groups is 1. The number of rotatable bonds is 9. The van der Waals surface area contributed by atoms with Crippen molar-refractivity contribution in [2.24, 2.45) is 0 Å². The fourth-order valence-corrected chi connectivity index (χ4v) is 3.27. The van der Waals surface area contributed by atoms with E-state index in [0.717, 1.165) is 30.6 Å². The van der Waals surface area contributed by atoms with Gasteiger partial charge in [0, 0.05) is 18.3 Å². The lowest BCUT2D eigenvalue weighted by Crippen LogP contribution is -2.30. The van der Waals surface area contributed by atoms with Gasteiger partial charge in [-0.25, -0.2) is 0 Å². The number of nitrogens with zero attached hydrogens (tertiary/aromatic N) is 1. The first kappa shape index (κ1) is 18.5. The second-order valence-electron chi connectivity index (χ2n) is 5.85. The van der Waals surface area contributed by atoms with Crippen LogP contribution in [0.25, 0.3) is 0 Å². The van der Waals surface area contributed by atoms with Gasteiger partial charge in [-0.1, -0.05) is 18.2 Å². The second-order valence-corrected chi connectivity index (χ2v) is 6.88. The number of ether oxygens (including phenoxy) is 1. The zero-order valence-electron chi connectivity index (χ0n) is 14.3. The number of aryl methyl sites for hydroxylation is 1. The van der Waals surface area contributed by atoms with Crippen LogP contribution in [0.2, 0.25) is 0 Å². The first-order valence-electron chi connectivity index (χ1n) is 8.18. The molecule has 1 aromatic carbocycles. The molecular weight excluding hydrogens is 322 g/mol. The number of amides is 1. The topological polar surface area (TPSA) is 49.8 Å². The number of aliphatic hydroxyl groups excluding tert-OH is 1. The van der Waals surface area contributed by atoms with Crippen LogP contribution in [0.1, 0.15) is 35.8 Å². The van der Waals surface area contributed by atoms with Crippen molar-refractivity contribution in [1.29, 1.82) is 0 Å². The monoisotopic (exact) mass is 347 g/mol. The van der Waals surface area contributed by atoms with Crippen molar-refractivity contribution in [2.45, 2.75) is 31.8 Å². The van der Waals surface area contributed by atoms with E-state index < -0.39 is 6.10 Å². The quantitative estimate of drug-likeness (QED) is 0.704. The Balaban J connectivity index is 1.71. The molecule has 1 heterocycles. The number of likely N-dealkylation sites (N-methyl/N-ethyl adjacent to an activating group) is 1. The van der Waals surface area contributed by atoms with Crippen LogP contribution in [0.4, 0.5) is 0 Å². The van der Waals surface area contributed by atoms with Crippen molar-refractivity contribution in [2.75, 3.05) is 20.7 Å².